The average Bonchev–Trinajstić information content (AvgIpc) is 2.30. The number of rotatable bonds is 2. The Balaban J connectivity index is 2.43. The first kappa shape index (κ1) is 12.9. The van der Waals surface area contributed by atoms with Crippen molar-refractivity contribution in [2.75, 3.05) is 5.73 Å². The van der Waals surface area contributed by atoms with E-state index in [1.807, 2.05) is 0 Å². The first-order valence-electron chi connectivity index (χ1n) is 5.05. The largest absolute Gasteiger partial charge is 0.438 e. The zero-order chi connectivity index (χ0) is 14.0. The number of halogens is 3. The Labute approximate surface area is 104 Å². The maximum atomic E-state index is 12.8. The summed E-state index contributed by atoms with van der Waals surface area (Å²) < 4.78 is 43.3. The molecule has 0 amide bonds. The van der Waals surface area contributed by atoms with E-state index in [1.165, 1.54) is 6.07 Å². The van der Waals surface area contributed by atoms with E-state index in [9.17, 15) is 18.0 Å². The van der Waals surface area contributed by atoms with Crippen molar-refractivity contribution in [3.63, 3.8) is 0 Å². The highest BCUT2D eigenvalue weighted by atomic mass is 19.4. The van der Waals surface area contributed by atoms with Crippen LogP contribution < -0.4 is 16.0 Å². The molecule has 5 nitrogen and oxygen atoms in total. The fourth-order valence-corrected chi connectivity index (χ4v) is 1.38. The number of nitrogens with one attached hydrogen (secondary N) is 1. The van der Waals surface area contributed by atoms with Crippen LogP contribution >= 0.6 is 0 Å². The molecule has 0 bridgehead atoms. The predicted octanol–water partition coefficient (Wildman–Crippen LogP) is 2.16. The van der Waals surface area contributed by atoms with Gasteiger partial charge < -0.3 is 15.5 Å². The fraction of sp³-hybridized carbons (Fsp3) is 0.0909. The molecule has 0 radical (unpaired) electrons. The quantitative estimate of drug-likeness (QED) is 0.820. The van der Waals surface area contributed by atoms with Gasteiger partial charge in [0.1, 0.15) is 11.3 Å². The van der Waals surface area contributed by atoms with Gasteiger partial charge in [-0.3, -0.25) is 4.79 Å². The minimum atomic E-state index is -4.62. The summed E-state index contributed by atoms with van der Waals surface area (Å²) in [5, 5.41) is 0. The Morgan fingerprint density at radius 1 is 1.26 bits per heavy atom. The van der Waals surface area contributed by atoms with Crippen LogP contribution in [-0.4, -0.2) is 9.97 Å². The predicted molar refractivity (Wildman–Crippen MR) is 60.8 cm³/mol. The lowest BCUT2D eigenvalue weighted by Gasteiger charge is -2.13. The zero-order valence-electron chi connectivity index (χ0n) is 9.36. The van der Waals surface area contributed by atoms with Gasteiger partial charge in [-0.15, -0.1) is 0 Å². The van der Waals surface area contributed by atoms with E-state index in [1.54, 1.807) is 0 Å². The third kappa shape index (κ3) is 3.03. The van der Waals surface area contributed by atoms with Crippen LogP contribution in [0.25, 0.3) is 0 Å². The lowest BCUT2D eigenvalue weighted by Crippen LogP contribution is -2.09. The normalized spacial score (nSPS) is 11.3. The Hall–Kier alpha value is -2.51. The van der Waals surface area contributed by atoms with Crippen molar-refractivity contribution in [3.8, 4) is 11.6 Å². The highest BCUT2D eigenvalue weighted by molar-refractivity contribution is 5.49. The molecule has 3 N–H and O–H groups in total. The molecule has 0 saturated carbocycles. The summed E-state index contributed by atoms with van der Waals surface area (Å²) in [6, 6.07) is 4.03. The molecule has 0 saturated heterocycles. The number of benzene rings is 1. The molecule has 100 valence electrons. The topological polar surface area (TPSA) is 81.0 Å². The van der Waals surface area contributed by atoms with Crippen molar-refractivity contribution < 1.29 is 17.9 Å². The van der Waals surface area contributed by atoms with Gasteiger partial charge in [0.15, 0.2) is 0 Å². The van der Waals surface area contributed by atoms with Crippen molar-refractivity contribution in [2.45, 2.75) is 6.18 Å². The number of ether oxygens (including phenoxy) is 1. The molecule has 0 spiro atoms. The summed E-state index contributed by atoms with van der Waals surface area (Å²) in [7, 11) is 0. The van der Waals surface area contributed by atoms with Gasteiger partial charge in [0, 0.05) is 5.69 Å². The number of H-pyrrole nitrogens is 1. The second-order valence-corrected chi connectivity index (χ2v) is 3.60. The van der Waals surface area contributed by atoms with Crippen molar-refractivity contribution in [2.24, 2.45) is 0 Å². The smallest absolute Gasteiger partial charge is 0.420 e. The van der Waals surface area contributed by atoms with E-state index in [2.05, 4.69) is 9.97 Å². The van der Waals surface area contributed by atoms with Crippen LogP contribution in [-0.2, 0) is 6.18 Å². The summed E-state index contributed by atoms with van der Waals surface area (Å²) in [6.07, 6.45) is -3.59. The number of hydrogen-bond donors (Lipinski definition) is 2. The SMILES string of the molecule is Nc1ccc(Oc2cc(=O)[nH]cn2)c(C(F)(F)F)c1. The number of hydrogen-bond acceptors (Lipinski definition) is 4. The molecule has 1 aromatic heterocycles. The first-order chi connectivity index (χ1) is 8.86. The molecule has 2 aromatic rings. The van der Waals surface area contributed by atoms with E-state index in [4.69, 9.17) is 10.5 Å². The van der Waals surface area contributed by atoms with Crippen LogP contribution in [0.4, 0.5) is 18.9 Å². The maximum Gasteiger partial charge on any atom is 0.420 e. The maximum absolute atomic E-state index is 12.8. The zero-order valence-corrected chi connectivity index (χ0v) is 9.36. The monoisotopic (exact) mass is 271 g/mol. The van der Waals surface area contributed by atoms with E-state index in [0.717, 1.165) is 24.5 Å². The lowest BCUT2D eigenvalue weighted by atomic mass is 10.1. The molecule has 0 unspecified atom stereocenters. The molecule has 0 aliphatic rings. The number of aromatic nitrogens is 2. The van der Waals surface area contributed by atoms with Crippen LogP contribution in [0.2, 0.25) is 0 Å². The molecule has 0 atom stereocenters. The van der Waals surface area contributed by atoms with Gasteiger partial charge in [-0.1, -0.05) is 0 Å². The Morgan fingerprint density at radius 3 is 2.63 bits per heavy atom. The van der Waals surface area contributed by atoms with Gasteiger partial charge in [0.05, 0.1) is 12.4 Å². The number of aromatic amines is 1. The van der Waals surface area contributed by atoms with E-state index in [0.29, 0.717) is 0 Å². The molecular weight excluding hydrogens is 263 g/mol. The van der Waals surface area contributed by atoms with Crippen LogP contribution in [0, 0.1) is 0 Å². The Kier molecular flexibility index (Phi) is 3.16. The van der Waals surface area contributed by atoms with Gasteiger partial charge in [-0.25, -0.2) is 4.98 Å². The van der Waals surface area contributed by atoms with E-state index < -0.39 is 23.0 Å². The lowest BCUT2D eigenvalue weighted by molar-refractivity contribution is -0.138. The highest BCUT2D eigenvalue weighted by Crippen LogP contribution is 2.38. The van der Waals surface area contributed by atoms with Crippen molar-refractivity contribution in [3.05, 3.63) is 46.5 Å². The van der Waals surface area contributed by atoms with Crippen molar-refractivity contribution >= 4 is 5.69 Å². The molecule has 8 heteroatoms. The van der Waals surface area contributed by atoms with Gasteiger partial charge in [-0.05, 0) is 18.2 Å². The van der Waals surface area contributed by atoms with E-state index >= 15 is 0 Å². The molecule has 1 aromatic carbocycles. The van der Waals surface area contributed by atoms with Gasteiger partial charge >= 0.3 is 6.18 Å². The van der Waals surface area contributed by atoms with Crippen LogP contribution in [0.5, 0.6) is 11.6 Å². The summed E-state index contributed by atoms with van der Waals surface area (Å²) in [6.45, 7) is 0. The first-order valence-corrected chi connectivity index (χ1v) is 5.05. The molecular formula is C11H8F3N3O2. The Morgan fingerprint density at radius 2 is 2.00 bits per heavy atom. The second-order valence-electron chi connectivity index (χ2n) is 3.60. The molecule has 0 aliphatic heterocycles. The van der Waals surface area contributed by atoms with E-state index in [-0.39, 0.29) is 11.6 Å². The third-order valence-corrected chi connectivity index (χ3v) is 2.18. The van der Waals surface area contributed by atoms with Gasteiger partial charge in [-0.2, -0.15) is 13.2 Å². The van der Waals surface area contributed by atoms with Gasteiger partial charge in [0.2, 0.25) is 5.88 Å². The number of nitrogen functional groups attached to an aromatic ring is 1. The van der Waals surface area contributed by atoms with Crippen LogP contribution in [0.1, 0.15) is 5.56 Å². The van der Waals surface area contributed by atoms with Crippen molar-refractivity contribution in [1.29, 1.82) is 0 Å². The summed E-state index contributed by atoms with van der Waals surface area (Å²) in [5.41, 5.74) is 3.71. The van der Waals surface area contributed by atoms with Crippen LogP contribution in [0.3, 0.4) is 0 Å². The van der Waals surface area contributed by atoms with Crippen LogP contribution in [0.15, 0.2) is 35.4 Å². The molecule has 0 fully saturated rings. The molecule has 1 heterocycles. The summed E-state index contributed by atoms with van der Waals surface area (Å²) in [5.74, 6) is -0.709. The minimum Gasteiger partial charge on any atom is -0.438 e. The average molecular weight is 271 g/mol. The van der Waals surface area contributed by atoms with Crippen molar-refractivity contribution in [1.82, 2.24) is 9.97 Å². The molecule has 19 heavy (non-hydrogen) atoms. The minimum absolute atomic E-state index is 0.0430. The summed E-state index contributed by atoms with van der Waals surface area (Å²) >= 11 is 0. The van der Waals surface area contributed by atoms with Gasteiger partial charge in [0.25, 0.3) is 5.56 Å². The summed E-state index contributed by atoms with van der Waals surface area (Å²) in [4.78, 5) is 16.8. The second kappa shape index (κ2) is 4.63. The molecule has 0 aliphatic carbocycles. The standard InChI is InChI=1S/C11H8F3N3O2/c12-11(13,14)7-3-6(15)1-2-8(7)19-10-4-9(18)16-5-17-10/h1-5H,15H2,(H,16,17,18). The molecule has 2 rings (SSSR count). The number of anilines is 1. The third-order valence-electron chi connectivity index (χ3n) is 2.18. The number of nitrogens with zero attached hydrogens (tertiary/aromatic N) is 1. The fourth-order valence-electron chi connectivity index (χ4n) is 1.38. The highest BCUT2D eigenvalue weighted by Gasteiger charge is 2.34. The number of alkyl halides is 3. The Bertz CT molecular complexity index is 652. The number of nitrogens with two attached hydrogens (primary N) is 1.